The summed E-state index contributed by atoms with van der Waals surface area (Å²) >= 11 is 0. The van der Waals surface area contributed by atoms with Gasteiger partial charge >= 0.3 is 5.97 Å². The molecule has 0 fully saturated rings. The number of carboxylic acids is 1. The van der Waals surface area contributed by atoms with Gasteiger partial charge in [0.1, 0.15) is 0 Å². The summed E-state index contributed by atoms with van der Waals surface area (Å²) in [4.78, 5) is 25.7. The Morgan fingerprint density at radius 3 is 2.63 bits per heavy atom. The number of nitrogens with zero attached hydrogens (tertiary/aromatic N) is 1. The number of carbonyl (C=O) groups excluding carboxylic acids is 1. The second-order valence-electron chi connectivity index (χ2n) is 6.26. The molecule has 2 aromatic carbocycles. The van der Waals surface area contributed by atoms with Gasteiger partial charge in [0.25, 0.3) is 0 Å². The first-order valence-corrected chi connectivity index (χ1v) is 10.00. The Bertz CT molecular complexity index is 1000. The number of rotatable bonds is 6. The number of benzene rings is 2. The first-order valence-electron chi connectivity index (χ1n) is 8.51. The summed E-state index contributed by atoms with van der Waals surface area (Å²) in [5.41, 5.74) is 2.31. The summed E-state index contributed by atoms with van der Waals surface area (Å²) in [5.74, 6) is -1.18. The van der Waals surface area contributed by atoms with Crippen LogP contribution in [0.1, 0.15) is 27.9 Å². The summed E-state index contributed by atoms with van der Waals surface area (Å²) < 4.78 is 26.3. The molecule has 0 aromatic heterocycles. The highest BCUT2D eigenvalue weighted by molar-refractivity contribution is 7.89. The minimum atomic E-state index is -3.59. The second-order valence-corrected chi connectivity index (χ2v) is 8.14. The van der Waals surface area contributed by atoms with Crippen LogP contribution >= 0.6 is 0 Å². The van der Waals surface area contributed by atoms with E-state index in [0.717, 1.165) is 5.56 Å². The molecule has 1 aliphatic rings. The average Bonchev–Trinajstić information content (AvgIpc) is 3.09. The van der Waals surface area contributed by atoms with E-state index in [4.69, 9.17) is 0 Å². The van der Waals surface area contributed by atoms with Gasteiger partial charge < -0.3 is 10.0 Å². The largest absolute Gasteiger partial charge is 0.478 e. The van der Waals surface area contributed by atoms with E-state index in [1.165, 1.54) is 25.2 Å². The van der Waals surface area contributed by atoms with E-state index in [9.17, 15) is 23.1 Å². The van der Waals surface area contributed by atoms with Crippen LogP contribution in [0, 0.1) is 0 Å². The van der Waals surface area contributed by atoms with E-state index in [2.05, 4.69) is 4.72 Å². The van der Waals surface area contributed by atoms with Gasteiger partial charge in [0.2, 0.25) is 15.9 Å². The van der Waals surface area contributed by atoms with Crippen LogP contribution in [0.3, 0.4) is 0 Å². The molecule has 0 saturated heterocycles. The molecule has 7 nitrogen and oxygen atoms in total. The van der Waals surface area contributed by atoms with Crippen molar-refractivity contribution < 1.29 is 23.1 Å². The van der Waals surface area contributed by atoms with Gasteiger partial charge in [0.15, 0.2) is 0 Å². The first kappa shape index (κ1) is 19.1. The molecule has 1 amide bonds. The van der Waals surface area contributed by atoms with Crippen molar-refractivity contribution >= 4 is 27.6 Å². The predicted molar refractivity (Wildman–Crippen MR) is 100 cm³/mol. The van der Waals surface area contributed by atoms with Gasteiger partial charge in [-0.2, -0.15) is 0 Å². The van der Waals surface area contributed by atoms with Crippen molar-refractivity contribution in [3.63, 3.8) is 0 Å². The molecule has 0 saturated carbocycles. The van der Waals surface area contributed by atoms with Crippen LogP contribution in [0.2, 0.25) is 0 Å². The molecule has 0 unspecified atom stereocenters. The Morgan fingerprint density at radius 1 is 1.19 bits per heavy atom. The molecule has 2 N–H and O–H groups in total. The molecule has 0 radical (unpaired) electrons. The van der Waals surface area contributed by atoms with Crippen LogP contribution in [0.4, 0.5) is 5.69 Å². The molecular weight excluding hydrogens is 368 g/mol. The standard InChI is InChI=1S/C19H20N2O5S/c1-20-27(25,26)15-8-6-14-10-11-21(17(14)12-15)18(22)9-7-13-4-2-3-5-16(13)19(23)24/h2-6,8,12,20H,7,9-11H2,1H3,(H,23,24). The van der Waals surface area contributed by atoms with Crippen molar-refractivity contribution in [2.24, 2.45) is 0 Å². The van der Waals surface area contributed by atoms with Gasteiger partial charge in [-0.15, -0.1) is 0 Å². The molecule has 0 atom stereocenters. The maximum absolute atomic E-state index is 12.7. The molecule has 1 aliphatic heterocycles. The van der Waals surface area contributed by atoms with Gasteiger partial charge in [-0.25, -0.2) is 17.9 Å². The van der Waals surface area contributed by atoms with E-state index >= 15 is 0 Å². The lowest BCUT2D eigenvalue weighted by molar-refractivity contribution is -0.118. The van der Waals surface area contributed by atoms with Crippen molar-refractivity contribution in [2.75, 3.05) is 18.5 Å². The zero-order valence-corrected chi connectivity index (χ0v) is 15.6. The van der Waals surface area contributed by atoms with Crippen LogP contribution in [0.5, 0.6) is 0 Å². The number of sulfonamides is 1. The zero-order chi connectivity index (χ0) is 19.6. The summed E-state index contributed by atoms with van der Waals surface area (Å²) in [5, 5.41) is 9.24. The number of hydrogen-bond acceptors (Lipinski definition) is 4. The summed E-state index contributed by atoms with van der Waals surface area (Å²) in [7, 11) is -2.25. The third-order valence-electron chi connectivity index (χ3n) is 4.69. The van der Waals surface area contributed by atoms with Crippen molar-refractivity contribution in [2.45, 2.75) is 24.2 Å². The lowest BCUT2D eigenvalue weighted by Gasteiger charge is -2.18. The number of nitrogens with one attached hydrogen (secondary N) is 1. The van der Waals surface area contributed by atoms with Gasteiger partial charge in [0.05, 0.1) is 10.5 Å². The molecular formula is C19H20N2O5S. The number of amides is 1. The van der Waals surface area contributed by atoms with Crippen LogP contribution in [-0.2, 0) is 27.7 Å². The SMILES string of the molecule is CNS(=O)(=O)c1ccc2c(c1)N(C(=O)CCc1ccccc1C(=O)O)CC2. The zero-order valence-electron chi connectivity index (χ0n) is 14.8. The van der Waals surface area contributed by atoms with Gasteiger partial charge in [-0.05, 0) is 49.2 Å². The molecule has 27 heavy (non-hydrogen) atoms. The average molecular weight is 388 g/mol. The second kappa shape index (κ2) is 7.50. The predicted octanol–water partition coefficient (Wildman–Crippen LogP) is 1.81. The fraction of sp³-hybridized carbons (Fsp3) is 0.263. The fourth-order valence-corrected chi connectivity index (χ4v) is 3.98. The van der Waals surface area contributed by atoms with Crippen molar-refractivity contribution in [1.82, 2.24) is 4.72 Å². The molecule has 2 aromatic rings. The third-order valence-corrected chi connectivity index (χ3v) is 6.10. The number of carbonyl (C=O) groups is 2. The van der Waals surface area contributed by atoms with E-state index < -0.39 is 16.0 Å². The molecule has 0 bridgehead atoms. The highest BCUT2D eigenvalue weighted by atomic mass is 32.2. The number of hydrogen-bond donors (Lipinski definition) is 2. The topological polar surface area (TPSA) is 104 Å². The Labute approximate surface area is 157 Å². The Morgan fingerprint density at radius 2 is 1.93 bits per heavy atom. The van der Waals surface area contributed by atoms with E-state index in [0.29, 0.717) is 30.6 Å². The maximum Gasteiger partial charge on any atom is 0.335 e. The first-order chi connectivity index (χ1) is 12.8. The number of aryl methyl sites for hydroxylation is 1. The van der Waals surface area contributed by atoms with Crippen LogP contribution in [0.25, 0.3) is 0 Å². The summed E-state index contributed by atoms with van der Waals surface area (Å²) in [6.07, 6.45) is 1.11. The van der Waals surface area contributed by atoms with Crippen LogP contribution in [0.15, 0.2) is 47.4 Å². The fourth-order valence-electron chi connectivity index (χ4n) is 3.23. The monoisotopic (exact) mass is 388 g/mol. The lowest BCUT2D eigenvalue weighted by Crippen LogP contribution is -2.29. The van der Waals surface area contributed by atoms with Crippen molar-refractivity contribution in [1.29, 1.82) is 0 Å². The highest BCUT2D eigenvalue weighted by Gasteiger charge is 2.26. The van der Waals surface area contributed by atoms with Crippen molar-refractivity contribution in [3.8, 4) is 0 Å². The van der Waals surface area contributed by atoms with Crippen LogP contribution < -0.4 is 9.62 Å². The van der Waals surface area contributed by atoms with Gasteiger partial charge in [-0.1, -0.05) is 24.3 Å². The van der Waals surface area contributed by atoms with Gasteiger partial charge in [-0.3, -0.25) is 4.79 Å². The van der Waals surface area contributed by atoms with E-state index in [1.807, 2.05) is 0 Å². The molecule has 8 heteroatoms. The molecule has 0 spiro atoms. The normalized spacial score (nSPS) is 13.4. The Hall–Kier alpha value is -2.71. The van der Waals surface area contributed by atoms with Crippen molar-refractivity contribution in [3.05, 3.63) is 59.2 Å². The van der Waals surface area contributed by atoms with Crippen LogP contribution in [-0.4, -0.2) is 39.0 Å². The molecule has 3 rings (SSSR count). The summed E-state index contributed by atoms with van der Waals surface area (Å²) in [6, 6.07) is 11.4. The maximum atomic E-state index is 12.7. The molecule has 0 aliphatic carbocycles. The number of aromatic carboxylic acids is 1. The number of fused-ring (bicyclic) bond motifs is 1. The van der Waals surface area contributed by atoms with E-state index in [1.54, 1.807) is 29.2 Å². The lowest BCUT2D eigenvalue weighted by atomic mass is 10.0. The Balaban J connectivity index is 1.79. The number of anilines is 1. The van der Waals surface area contributed by atoms with Gasteiger partial charge in [0, 0.05) is 18.7 Å². The number of carboxylic acid groups (broad SMARTS) is 1. The third kappa shape index (κ3) is 3.86. The molecule has 142 valence electrons. The van der Waals surface area contributed by atoms with E-state index in [-0.39, 0.29) is 22.8 Å². The summed E-state index contributed by atoms with van der Waals surface area (Å²) in [6.45, 7) is 0.484. The molecule has 1 heterocycles. The minimum absolute atomic E-state index is 0.111. The smallest absolute Gasteiger partial charge is 0.335 e. The quantitative estimate of drug-likeness (QED) is 0.786. The highest BCUT2D eigenvalue weighted by Crippen LogP contribution is 2.31. The minimum Gasteiger partial charge on any atom is -0.478 e. The Kier molecular flexibility index (Phi) is 5.29.